The predicted octanol–water partition coefficient (Wildman–Crippen LogP) is 6.25. The van der Waals surface area contributed by atoms with Crippen molar-refractivity contribution in [1.29, 1.82) is 5.26 Å². The van der Waals surface area contributed by atoms with E-state index in [-0.39, 0.29) is 28.6 Å². The van der Waals surface area contributed by atoms with Crippen molar-refractivity contribution in [2.75, 3.05) is 16.8 Å². The first-order chi connectivity index (χ1) is 16.5. The topological polar surface area (TPSA) is 87.0 Å². The van der Waals surface area contributed by atoms with Crippen molar-refractivity contribution in [3.8, 4) is 6.07 Å². The number of nitriles is 1. The van der Waals surface area contributed by atoms with Crippen LogP contribution in [0.3, 0.4) is 0 Å². The summed E-state index contributed by atoms with van der Waals surface area (Å²) in [4.78, 5) is 38.1. The number of nitrogens with zero attached hydrogens (tertiary/aromatic N) is 1. The predicted molar refractivity (Wildman–Crippen MR) is 139 cm³/mol. The van der Waals surface area contributed by atoms with Crippen LogP contribution in [0.1, 0.15) is 20.7 Å². The molecule has 0 aliphatic carbocycles. The van der Waals surface area contributed by atoms with E-state index in [0.29, 0.717) is 26.1 Å². The van der Waals surface area contributed by atoms with Gasteiger partial charge in [-0.15, -0.1) is 23.5 Å². The lowest BCUT2D eigenvalue weighted by atomic mass is 10.2. The lowest BCUT2D eigenvalue weighted by Gasteiger charge is -2.11. The lowest BCUT2D eigenvalue weighted by molar-refractivity contribution is -0.112. The Balaban J connectivity index is 1.81. The molecule has 0 atom stereocenters. The number of amides is 1. The second kappa shape index (κ2) is 12.8. The Morgan fingerprint density at radius 2 is 1.24 bits per heavy atom. The van der Waals surface area contributed by atoms with Crippen LogP contribution in [-0.2, 0) is 4.79 Å². The van der Waals surface area contributed by atoms with Gasteiger partial charge in [0.2, 0.25) is 0 Å². The number of rotatable bonds is 10. The molecule has 0 unspecified atom stereocenters. The number of nitrogens with one attached hydrogen (secondary N) is 1. The minimum atomic E-state index is -0.626. The highest BCUT2D eigenvalue weighted by Crippen LogP contribution is 2.33. The SMILES string of the molecule is N#CC(C(=O)Nc1ccc(Cl)cc1)=C(SCC(=O)c1ccccc1)SCC(=O)c1ccccc1. The van der Waals surface area contributed by atoms with Gasteiger partial charge < -0.3 is 5.32 Å². The molecule has 3 aromatic carbocycles. The van der Waals surface area contributed by atoms with Crippen molar-refractivity contribution in [3.05, 3.63) is 111 Å². The third-order valence-corrected chi connectivity index (χ3v) is 7.21. The van der Waals surface area contributed by atoms with E-state index in [4.69, 9.17) is 11.6 Å². The number of halogens is 1. The number of hydrogen-bond acceptors (Lipinski definition) is 6. The highest BCUT2D eigenvalue weighted by atomic mass is 35.5. The van der Waals surface area contributed by atoms with Gasteiger partial charge in [-0.05, 0) is 24.3 Å². The summed E-state index contributed by atoms with van der Waals surface area (Å²) in [6.07, 6.45) is 0. The van der Waals surface area contributed by atoms with E-state index >= 15 is 0 Å². The number of carbonyl (C=O) groups is 3. The van der Waals surface area contributed by atoms with Crippen LogP contribution in [0.15, 0.2) is 94.7 Å². The zero-order valence-corrected chi connectivity index (χ0v) is 20.3. The monoisotopic (exact) mass is 506 g/mol. The van der Waals surface area contributed by atoms with Crippen LogP contribution in [0, 0.1) is 11.3 Å². The average Bonchev–Trinajstić information content (AvgIpc) is 2.87. The Labute approximate surface area is 211 Å². The Kier molecular flexibility index (Phi) is 9.53. The van der Waals surface area contributed by atoms with Crippen molar-refractivity contribution in [3.63, 3.8) is 0 Å². The van der Waals surface area contributed by atoms with Crippen molar-refractivity contribution in [1.82, 2.24) is 0 Å². The molecule has 3 aromatic rings. The molecule has 0 radical (unpaired) electrons. The first-order valence-corrected chi connectivity index (χ1v) is 12.5. The molecular weight excluding hydrogens is 488 g/mol. The van der Waals surface area contributed by atoms with Gasteiger partial charge in [-0.2, -0.15) is 5.26 Å². The number of ketones is 2. The van der Waals surface area contributed by atoms with E-state index in [1.165, 1.54) is 0 Å². The van der Waals surface area contributed by atoms with Crippen molar-refractivity contribution in [2.24, 2.45) is 0 Å². The van der Waals surface area contributed by atoms with Crippen molar-refractivity contribution >= 4 is 58.3 Å². The number of thioether (sulfide) groups is 2. The van der Waals surface area contributed by atoms with Gasteiger partial charge in [-0.1, -0.05) is 72.3 Å². The maximum Gasteiger partial charge on any atom is 0.268 e. The number of anilines is 1. The van der Waals surface area contributed by atoms with Crippen LogP contribution in [0.4, 0.5) is 5.69 Å². The molecule has 5 nitrogen and oxygen atoms in total. The largest absolute Gasteiger partial charge is 0.321 e. The standard InChI is InChI=1S/C26H19ClN2O3S2/c27-20-11-13-21(14-12-20)29-25(32)22(15-28)26(33-16-23(30)18-7-3-1-4-8-18)34-17-24(31)19-9-5-2-6-10-19/h1-14H,16-17H2,(H,29,32). The van der Waals surface area contributed by atoms with E-state index in [0.717, 1.165) is 23.5 Å². The molecule has 170 valence electrons. The summed E-state index contributed by atoms with van der Waals surface area (Å²) in [5, 5.41) is 12.9. The highest BCUT2D eigenvalue weighted by Gasteiger charge is 2.20. The summed E-state index contributed by atoms with van der Waals surface area (Å²) < 4.78 is 0.308. The number of carbonyl (C=O) groups excluding carboxylic acids is 3. The van der Waals surface area contributed by atoms with Gasteiger partial charge in [0.1, 0.15) is 11.6 Å². The maximum atomic E-state index is 12.9. The molecule has 0 aliphatic heterocycles. The van der Waals surface area contributed by atoms with Crippen LogP contribution in [-0.4, -0.2) is 29.0 Å². The summed E-state index contributed by atoms with van der Waals surface area (Å²) in [5.41, 5.74) is 1.37. The van der Waals surface area contributed by atoms with Crippen LogP contribution in [0.25, 0.3) is 0 Å². The van der Waals surface area contributed by atoms with Gasteiger partial charge >= 0.3 is 0 Å². The van der Waals surface area contributed by atoms with Gasteiger partial charge in [0.15, 0.2) is 11.6 Å². The first kappa shape index (κ1) is 25.3. The molecule has 0 fully saturated rings. The molecule has 0 aliphatic rings. The van der Waals surface area contributed by atoms with Crippen LogP contribution in [0.2, 0.25) is 5.02 Å². The summed E-state index contributed by atoms with van der Waals surface area (Å²) in [7, 11) is 0. The fraction of sp³-hybridized carbons (Fsp3) is 0.0769. The summed E-state index contributed by atoms with van der Waals surface area (Å²) in [5.74, 6) is -0.877. The molecular formula is C26H19ClN2O3S2. The van der Waals surface area contributed by atoms with E-state index < -0.39 is 5.91 Å². The molecule has 0 saturated heterocycles. The summed E-state index contributed by atoms with van der Waals surface area (Å²) in [6, 6.07) is 25.9. The number of hydrogen-bond donors (Lipinski definition) is 1. The van der Waals surface area contributed by atoms with Crippen LogP contribution in [0.5, 0.6) is 0 Å². The second-order valence-corrected chi connectivity index (χ2v) is 9.56. The molecule has 3 rings (SSSR count). The van der Waals surface area contributed by atoms with Gasteiger partial charge in [-0.25, -0.2) is 0 Å². The van der Waals surface area contributed by atoms with Crippen molar-refractivity contribution in [2.45, 2.75) is 0 Å². The minimum absolute atomic E-state index is 0.0191. The van der Waals surface area contributed by atoms with Crippen LogP contribution >= 0.6 is 35.1 Å². The van der Waals surface area contributed by atoms with E-state index in [2.05, 4.69) is 5.32 Å². The third-order valence-electron chi connectivity index (χ3n) is 4.51. The summed E-state index contributed by atoms with van der Waals surface area (Å²) in [6.45, 7) is 0. The minimum Gasteiger partial charge on any atom is -0.321 e. The molecule has 1 N–H and O–H groups in total. The number of benzene rings is 3. The molecule has 1 amide bonds. The molecule has 0 aromatic heterocycles. The fourth-order valence-electron chi connectivity index (χ4n) is 2.78. The average molecular weight is 507 g/mol. The van der Waals surface area contributed by atoms with Crippen LogP contribution < -0.4 is 5.32 Å². The maximum absolute atomic E-state index is 12.9. The molecule has 0 spiro atoms. The fourth-order valence-corrected chi connectivity index (χ4v) is 5.01. The molecule has 0 heterocycles. The second-order valence-electron chi connectivity index (χ2n) is 6.89. The smallest absolute Gasteiger partial charge is 0.268 e. The zero-order valence-electron chi connectivity index (χ0n) is 17.9. The molecule has 0 bridgehead atoms. The quantitative estimate of drug-likeness (QED) is 0.199. The van der Waals surface area contributed by atoms with Crippen molar-refractivity contribution < 1.29 is 14.4 Å². The van der Waals surface area contributed by atoms with E-state index in [1.807, 2.05) is 18.2 Å². The van der Waals surface area contributed by atoms with E-state index in [1.54, 1.807) is 72.8 Å². The zero-order chi connectivity index (χ0) is 24.3. The third kappa shape index (κ3) is 7.35. The number of Topliss-reactive ketones (excluding diaryl/α,β-unsaturated/α-hetero) is 2. The molecule has 34 heavy (non-hydrogen) atoms. The normalized spacial score (nSPS) is 10.1. The van der Waals surface area contributed by atoms with E-state index in [9.17, 15) is 19.6 Å². The molecule has 0 saturated carbocycles. The molecule has 8 heteroatoms. The lowest BCUT2D eigenvalue weighted by Crippen LogP contribution is -2.15. The van der Waals surface area contributed by atoms with Gasteiger partial charge in [-0.3, -0.25) is 14.4 Å². The Hall–Kier alpha value is -3.31. The first-order valence-electron chi connectivity index (χ1n) is 10.1. The highest BCUT2D eigenvalue weighted by molar-refractivity contribution is 8.22. The van der Waals surface area contributed by atoms with Gasteiger partial charge in [0, 0.05) is 21.8 Å². The Bertz CT molecular complexity index is 1180. The van der Waals surface area contributed by atoms with Gasteiger partial charge in [0.05, 0.1) is 15.7 Å². The Morgan fingerprint density at radius 3 is 1.68 bits per heavy atom. The Morgan fingerprint density at radius 1 is 0.765 bits per heavy atom. The van der Waals surface area contributed by atoms with Gasteiger partial charge in [0.25, 0.3) is 5.91 Å². The summed E-state index contributed by atoms with van der Waals surface area (Å²) >= 11 is 8.03.